The van der Waals surface area contributed by atoms with Crippen molar-refractivity contribution < 1.29 is 4.79 Å². The van der Waals surface area contributed by atoms with Gasteiger partial charge in [0.05, 0.1) is 18.2 Å². The molecule has 194 valence electrons. The van der Waals surface area contributed by atoms with Crippen molar-refractivity contribution in [2.75, 3.05) is 18.4 Å². The van der Waals surface area contributed by atoms with Crippen molar-refractivity contribution in [1.29, 1.82) is 5.26 Å². The van der Waals surface area contributed by atoms with Crippen LogP contribution in [0.2, 0.25) is 0 Å². The zero-order valence-electron chi connectivity index (χ0n) is 21.7. The van der Waals surface area contributed by atoms with Crippen LogP contribution >= 0.6 is 0 Å². The van der Waals surface area contributed by atoms with E-state index in [9.17, 15) is 9.59 Å². The van der Waals surface area contributed by atoms with Gasteiger partial charge in [-0.3, -0.25) is 4.79 Å². The Hall–Kier alpha value is -4.52. The average molecular weight is 511 g/mol. The lowest BCUT2D eigenvalue weighted by atomic mass is 9.87. The Labute approximate surface area is 220 Å². The van der Waals surface area contributed by atoms with Crippen LogP contribution in [-0.4, -0.2) is 49.0 Å². The molecule has 2 aromatic carbocycles. The number of urea groups is 1. The molecule has 0 atom stereocenters. The fourth-order valence-electron chi connectivity index (χ4n) is 4.65. The van der Waals surface area contributed by atoms with Crippen molar-refractivity contribution >= 4 is 22.9 Å². The summed E-state index contributed by atoms with van der Waals surface area (Å²) in [6, 6.07) is 17.0. The van der Waals surface area contributed by atoms with Crippen LogP contribution in [0.15, 0.2) is 53.3 Å². The second-order valence-corrected chi connectivity index (χ2v) is 10.7. The highest BCUT2D eigenvalue weighted by Gasteiger charge is 2.26. The van der Waals surface area contributed by atoms with E-state index < -0.39 is 0 Å². The number of hydrogen-bond acceptors (Lipinski definition) is 6. The predicted octanol–water partition coefficient (Wildman–Crippen LogP) is 4.14. The van der Waals surface area contributed by atoms with E-state index >= 15 is 0 Å². The molecule has 38 heavy (non-hydrogen) atoms. The van der Waals surface area contributed by atoms with Crippen LogP contribution < -0.4 is 10.9 Å². The zero-order valence-corrected chi connectivity index (χ0v) is 21.7. The summed E-state index contributed by atoms with van der Waals surface area (Å²) >= 11 is 0. The minimum Gasteiger partial charge on any atom is -0.324 e. The van der Waals surface area contributed by atoms with Crippen LogP contribution in [0.3, 0.4) is 0 Å². The Morgan fingerprint density at radius 3 is 2.42 bits per heavy atom. The van der Waals surface area contributed by atoms with Crippen molar-refractivity contribution in [2.24, 2.45) is 0 Å². The van der Waals surface area contributed by atoms with Crippen molar-refractivity contribution in [3.63, 3.8) is 0 Å². The second kappa shape index (κ2) is 10.1. The van der Waals surface area contributed by atoms with Crippen molar-refractivity contribution in [3.8, 4) is 6.07 Å². The number of benzene rings is 2. The minimum atomic E-state index is -0.305. The summed E-state index contributed by atoms with van der Waals surface area (Å²) in [5.74, 6) is 0.613. The van der Waals surface area contributed by atoms with Gasteiger partial charge in [-0.25, -0.2) is 14.5 Å². The number of likely N-dealkylation sites (tertiary alicyclic amines) is 1. The Kier molecular flexibility index (Phi) is 6.68. The van der Waals surface area contributed by atoms with Crippen molar-refractivity contribution in [1.82, 2.24) is 29.9 Å². The average Bonchev–Trinajstić information content (AvgIpc) is 3.32. The quantitative estimate of drug-likeness (QED) is 0.424. The SMILES string of the molecule is CC(C)(C)c1ccc(Cn2nnc3c(=O)[nH]c(C4CCN(C(=O)Nc5ccc(C#N)cc5)CC4)nc32)cc1. The van der Waals surface area contributed by atoms with Gasteiger partial charge in [0.1, 0.15) is 5.82 Å². The summed E-state index contributed by atoms with van der Waals surface area (Å²) in [6.45, 7) is 8.06. The summed E-state index contributed by atoms with van der Waals surface area (Å²) in [4.78, 5) is 34.9. The number of anilines is 1. The normalized spacial score (nSPS) is 14.4. The molecule has 0 unspecified atom stereocenters. The van der Waals surface area contributed by atoms with Crippen molar-refractivity contribution in [3.05, 3.63) is 81.4 Å². The summed E-state index contributed by atoms with van der Waals surface area (Å²) in [7, 11) is 0. The molecule has 3 heterocycles. The van der Waals surface area contributed by atoms with E-state index in [2.05, 4.69) is 71.7 Å². The molecule has 5 rings (SSSR count). The maximum absolute atomic E-state index is 12.8. The molecular weight excluding hydrogens is 480 g/mol. The van der Waals surface area contributed by atoms with E-state index in [0.717, 1.165) is 5.56 Å². The van der Waals surface area contributed by atoms with Gasteiger partial charge < -0.3 is 15.2 Å². The first-order valence-corrected chi connectivity index (χ1v) is 12.7. The van der Waals surface area contributed by atoms with Gasteiger partial charge in [-0.15, -0.1) is 5.10 Å². The lowest BCUT2D eigenvalue weighted by Gasteiger charge is -2.31. The molecule has 10 heteroatoms. The number of fused-ring (bicyclic) bond motifs is 1. The molecule has 2 N–H and O–H groups in total. The monoisotopic (exact) mass is 510 g/mol. The summed E-state index contributed by atoms with van der Waals surface area (Å²) in [5, 5.41) is 20.1. The maximum atomic E-state index is 12.8. The molecule has 1 fully saturated rings. The Balaban J connectivity index is 1.27. The predicted molar refractivity (Wildman–Crippen MR) is 144 cm³/mol. The summed E-state index contributed by atoms with van der Waals surface area (Å²) in [5.41, 5.74) is 3.93. The maximum Gasteiger partial charge on any atom is 0.321 e. The number of rotatable bonds is 4. The fraction of sp³-hybridized carbons (Fsp3) is 0.357. The van der Waals surface area contributed by atoms with Crippen LogP contribution in [0, 0.1) is 11.3 Å². The van der Waals surface area contributed by atoms with Gasteiger partial charge in [-0.05, 0) is 53.6 Å². The molecule has 1 aliphatic rings. The first-order chi connectivity index (χ1) is 18.2. The molecule has 0 aliphatic carbocycles. The van der Waals surface area contributed by atoms with E-state index in [0.29, 0.717) is 55.2 Å². The van der Waals surface area contributed by atoms with Gasteiger partial charge >= 0.3 is 6.03 Å². The van der Waals surface area contributed by atoms with E-state index in [1.165, 1.54) is 5.56 Å². The number of amides is 2. The van der Waals surface area contributed by atoms with Crippen LogP contribution in [0.25, 0.3) is 11.2 Å². The minimum absolute atomic E-state index is 0.0143. The number of carbonyl (C=O) groups is 1. The number of piperidine rings is 1. The van der Waals surface area contributed by atoms with Gasteiger partial charge in [0.25, 0.3) is 5.56 Å². The summed E-state index contributed by atoms with van der Waals surface area (Å²) < 4.78 is 1.67. The third-order valence-corrected chi connectivity index (χ3v) is 6.98. The third-order valence-electron chi connectivity index (χ3n) is 6.98. The van der Waals surface area contributed by atoms with Gasteiger partial charge in [-0.1, -0.05) is 50.3 Å². The molecule has 10 nitrogen and oxygen atoms in total. The largest absolute Gasteiger partial charge is 0.324 e. The summed E-state index contributed by atoms with van der Waals surface area (Å²) in [6.07, 6.45) is 1.34. The number of carbonyl (C=O) groups excluding carboxylic acids is 1. The van der Waals surface area contributed by atoms with Crippen molar-refractivity contribution in [2.45, 2.75) is 51.5 Å². The number of nitrogens with one attached hydrogen (secondary N) is 2. The van der Waals surface area contributed by atoms with E-state index in [4.69, 9.17) is 10.2 Å². The third kappa shape index (κ3) is 5.27. The number of aromatic amines is 1. The highest BCUT2D eigenvalue weighted by atomic mass is 16.2. The Bertz CT molecular complexity index is 1550. The van der Waals surface area contributed by atoms with Gasteiger partial charge in [0.15, 0.2) is 11.2 Å². The molecule has 2 aromatic heterocycles. The topological polar surface area (TPSA) is 133 Å². The molecule has 0 saturated carbocycles. The number of nitrogens with zero attached hydrogens (tertiary/aromatic N) is 6. The molecule has 1 aliphatic heterocycles. The van der Waals surface area contributed by atoms with Crippen LogP contribution in [0.4, 0.5) is 10.5 Å². The van der Waals surface area contributed by atoms with E-state index in [-0.39, 0.29) is 28.4 Å². The number of H-pyrrole nitrogens is 1. The fourth-order valence-corrected chi connectivity index (χ4v) is 4.65. The van der Waals surface area contributed by atoms with Crippen LogP contribution in [0.1, 0.15) is 62.0 Å². The van der Waals surface area contributed by atoms with Gasteiger partial charge in [0, 0.05) is 24.7 Å². The highest BCUT2D eigenvalue weighted by molar-refractivity contribution is 5.89. The first-order valence-electron chi connectivity index (χ1n) is 12.7. The second-order valence-electron chi connectivity index (χ2n) is 10.7. The smallest absolute Gasteiger partial charge is 0.321 e. The van der Waals surface area contributed by atoms with E-state index in [1.54, 1.807) is 33.8 Å². The lowest BCUT2D eigenvalue weighted by molar-refractivity contribution is 0.193. The standard InChI is InChI=1S/C28H30N8O2/c1-28(2,3)21-8-4-19(5-9-21)17-36-25-23(33-34-36)26(37)32-24(31-25)20-12-14-35(15-13-20)27(38)30-22-10-6-18(16-29)7-11-22/h4-11,20H,12-15,17H2,1-3H3,(H,30,38)(H,31,32,37). The number of hydrogen-bond donors (Lipinski definition) is 2. The lowest BCUT2D eigenvalue weighted by Crippen LogP contribution is -2.41. The molecule has 1 saturated heterocycles. The molecular formula is C28H30N8O2. The van der Waals surface area contributed by atoms with Crippen LogP contribution in [-0.2, 0) is 12.0 Å². The highest BCUT2D eigenvalue weighted by Crippen LogP contribution is 2.27. The van der Waals surface area contributed by atoms with E-state index in [1.807, 2.05) is 0 Å². The molecule has 0 bridgehead atoms. The molecule has 4 aromatic rings. The van der Waals surface area contributed by atoms with Gasteiger partial charge in [0.2, 0.25) is 0 Å². The Morgan fingerprint density at radius 2 is 1.79 bits per heavy atom. The first kappa shape index (κ1) is 25.1. The Morgan fingerprint density at radius 1 is 1.11 bits per heavy atom. The number of nitriles is 1. The number of aromatic nitrogens is 5. The van der Waals surface area contributed by atoms with Gasteiger partial charge in [-0.2, -0.15) is 5.26 Å². The van der Waals surface area contributed by atoms with Crippen LogP contribution in [0.5, 0.6) is 0 Å². The molecule has 2 amide bonds. The zero-order chi connectivity index (χ0) is 26.9. The molecule has 0 spiro atoms. The molecule has 0 radical (unpaired) electrons.